The molecule has 19 heavy (non-hydrogen) atoms. The predicted octanol–water partition coefficient (Wildman–Crippen LogP) is 2.85. The van der Waals surface area contributed by atoms with E-state index >= 15 is 0 Å². The lowest BCUT2D eigenvalue weighted by atomic mass is 10.1. The summed E-state index contributed by atoms with van der Waals surface area (Å²) in [6, 6.07) is 1.15. The summed E-state index contributed by atoms with van der Waals surface area (Å²) in [6.45, 7) is 2.70. The predicted molar refractivity (Wildman–Crippen MR) is 66.7 cm³/mol. The highest BCUT2D eigenvalue weighted by Crippen LogP contribution is 2.31. The molecule has 1 aliphatic rings. The summed E-state index contributed by atoms with van der Waals surface area (Å²) >= 11 is 0. The summed E-state index contributed by atoms with van der Waals surface area (Å²) in [5.74, 6) is -0.0597. The Morgan fingerprint density at radius 2 is 2.00 bits per heavy atom. The Hall–Kier alpha value is -1.53. The minimum absolute atomic E-state index is 0.165. The van der Waals surface area contributed by atoms with Crippen molar-refractivity contribution in [1.29, 1.82) is 0 Å². The van der Waals surface area contributed by atoms with Gasteiger partial charge in [0, 0.05) is 18.7 Å². The van der Waals surface area contributed by atoms with E-state index in [4.69, 9.17) is 5.73 Å². The zero-order valence-corrected chi connectivity index (χ0v) is 10.7. The molecule has 4 nitrogen and oxygen atoms in total. The Labute approximate surface area is 109 Å². The molecule has 2 heterocycles. The number of alkyl halides is 3. The molecule has 106 valence electrons. The quantitative estimate of drug-likeness (QED) is 0.855. The Bertz CT molecular complexity index is 447. The second kappa shape index (κ2) is 5.22. The zero-order chi connectivity index (χ0) is 14.0. The van der Waals surface area contributed by atoms with E-state index in [1.54, 1.807) is 0 Å². The lowest BCUT2D eigenvalue weighted by molar-refractivity contribution is -0.141. The Balaban J connectivity index is 2.35. The normalized spacial score (nSPS) is 21.3. The van der Waals surface area contributed by atoms with Gasteiger partial charge in [-0.2, -0.15) is 18.2 Å². The first-order chi connectivity index (χ1) is 8.88. The van der Waals surface area contributed by atoms with E-state index in [2.05, 4.69) is 9.97 Å². The van der Waals surface area contributed by atoms with Crippen LogP contribution in [0.5, 0.6) is 0 Å². The van der Waals surface area contributed by atoms with Gasteiger partial charge in [-0.3, -0.25) is 0 Å². The molecule has 0 aliphatic carbocycles. The monoisotopic (exact) mass is 274 g/mol. The van der Waals surface area contributed by atoms with E-state index < -0.39 is 11.9 Å². The van der Waals surface area contributed by atoms with Crippen LogP contribution in [0.25, 0.3) is 0 Å². The largest absolute Gasteiger partial charge is 0.433 e. The van der Waals surface area contributed by atoms with Crippen LogP contribution in [0.3, 0.4) is 0 Å². The average Bonchev–Trinajstić information content (AvgIpc) is 2.52. The minimum Gasteiger partial charge on any atom is -0.368 e. The molecule has 1 fully saturated rings. The topological polar surface area (TPSA) is 55.0 Å². The van der Waals surface area contributed by atoms with Gasteiger partial charge in [0.05, 0.1) is 0 Å². The van der Waals surface area contributed by atoms with Gasteiger partial charge >= 0.3 is 6.18 Å². The smallest absolute Gasteiger partial charge is 0.368 e. The first kappa shape index (κ1) is 13.9. The van der Waals surface area contributed by atoms with Crippen LogP contribution >= 0.6 is 0 Å². The van der Waals surface area contributed by atoms with Gasteiger partial charge in [-0.1, -0.05) is 12.8 Å². The van der Waals surface area contributed by atoms with E-state index in [0.717, 1.165) is 31.7 Å². The lowest BCUT2D eigenvalue weighted by Crippen LogP contribution is -2.33. The maximum atomic E-state index is 12.7. The van der Waals surface area contributed by atoms with Gasteiger partial charge in [0.1, 0.15) is 5.82 Å². The van der Waals surface area contributed by atoms with Crippen molar-refractivity contribution in [3.8, 4) is 0 Å². The molecule has 0 radical (unpaired) electrons. The molecular formula is C12H17F3N4. The van der Waals surface area contributed by atoms with Crippen LogP contribution in [0.4, 0.5) is 24.9 Å². The van der Waals surface area contributed by atoms with Crippen molar-refractivity contribution in [2.75, 3.05) is 17.2 Å². The molecule has 1 saturated heterocycles. The van der Waals surface area contributed by atoms with Crippen LogP contribution < -0.4 is 10.6 Å². The highest BCUT2D eigenvalue weighted by molar-refractivity contribution is 5.45. The summed E-state index contributed by atoms with van der Waals surface area (Å²) < 4.78 is 38.2. The maximum Gasteiger partial charge on any atom is 0.433 e. The molecule has 7 heteroatoms. The average molecular weight is 274 g/mol. The van der Waals surface area contributed by atoms with Crippen molar-refractivity contribution in [1.82, 2.24) is 9.97 Å². The fourth-order valence-electron chi connectivity index (χ4n) is 2.36. The van der Waals surface area contributed by atoms with E-state index in [-0.39, 0.29) is 17.8 Å². The third-order valence-corrected chi connectivity index (χ3v) is 3.37. The fraction of sp³-hybridized carbons (Fsp3) is 0.667. The van der Waals surface area contributed by atoms with Crippen molar-refractivity contribution >= 4 is 11.8 Å². The molecule has 1 aromatic rings. The van der Waals surface area contributed by atoms with E-state index in [9.17, 15) is 13.2 Å². The van der Waals surface area contributed by atoms with E-state index in [1.807, 2.05) is 11.8 Å². The molecule has 0 aromatic carbocycles. The highest BCUT2D eigenvalue weighted by atomic mass is 19.4. The third kappa shape index (κ3) is 3.27. The molecule has 1 unspecified atom stereocenters. The van der Waals surface area contributed by atoms with Crippen molar-refractivity contribution in [2.45, 2.75) is 44.8 Å². The van der Waals surface area contributed by atoms with Crippen molar-refractivity contribution in [3.05, 3.63) is 11.8 Å². The number of halogens is 3. The van der Waals surface area contributed by atoms with Crippen LogP contribution in [-0.4, -0.2) is 22.6 Å². The molecule has 1 atom stereocenters. The van der Waals surface area contributed by atoms with E-state index in [1.165, 1.54) is 0 Å². The van der Waals surface area contributed by atoms with Gasteiger partial charge in [-0.25, -0.2) is 4.98 Å². The Morgan fingerprint density at radius 3 is 2.68 bits per heavy atom. The molecule has 0 amide bonds. The first-order valence-electron chi connectivity index (χ1n) is 6.36. The standard InChI is InChI=1S/C12H17F3N4/c1-8-5-3-2-4-6-19(8)10-7-9(12(13,14)15)17-11(16)18-10/h7-8H,2-6H2,1H3,(H2,16,17,18). The van der Waals surface area contributed by atoms with Gasteiger partial charge < -0.3 is 10.6 Å². The van der Waals surface area contributed by atoms with Crippen LogP contribution in [0.2, 0.25) is 0 Å². The number of nitrogens with two attached hydrogens (primary N) is 1. The number of rotatable bonds is 1. The van der Waals surface area contributed by atoms with Gasteiger partial charge in [0.15, 0.2) is 5.69 Å². The third-order valence-electron chi connectivity index (χ3n) is 3.37. The Morgan fingerprint density at radius 1 is 1.26 bits per heavy atom. The molecule has 2 rings (SSSR count). The molecule has 0 saturated carbocycles. The van der Waals surface area contributed by atoms with Crippen LogP contribution in [0.15, 0.2) is 6.07 Å². The summed E-state index contributed by atoms with van der Waals surface area (Å²) in [5.41, 5.74) is 4.42. The lowest BCUT2D eigenvalue weighted by Gasteiger charge is -2.28. The molecule has 1 aliphatic heterocycles. The van der Waals surface area contributed by atoms with Gasteiger partial charge in [-0.15, -0.1) is 0 Å². The number of hydrogen-bond acceptors (Lipinski definition) is 4. The number of aromatic nitrogens is 2. The van der Waals surface area contributed by atoms with Crippen LogP contribution in [0, 0.1) is 0 Å². The van der Waals surface area contributed by atoms with Crippen molar-refractivity contribution < 1.29 is 13.2 Å². The van der Waals surface area contributed by atoms with Gasteiger partial charge in [-0.05, 0) is 19.8 Å². The maximum absolute atomic E-state index is 12.7. The first-order valence-corrected chi connectivity index (χ1v) is 6.36. The number of nitrogens with zero attached hydrogens (tertiary/aromatic N) is 3. The minimum atomic E-state index is -4.50. The molecule has 2 N–H and O–H groups in total. The second-order valence-electron chi connectivity index (χ2n) is 4.86. The van der Waals surface area contributed by atoms with Gasteiger partial charge in [0.25, 0.3) is 0 Å². The highest BCUT2D eigenvalue weighted by Gasteiger charge is 2.34. The molecule has 1 aromatic heterocycles. The van der Waals surface area contributed by atoms with Crippen LogP contribution in [-0.2, 0) is 6.18 Å². The number of hydrogen-bond donors (Lipinski definition) is 1. The Kier molecular flexibility index (Phi) is 3.82. The summed E-state index contributed by atoms with van der Waals surface area (Å²) in [4.78, 5) is 9.11. The molecule has 0 spiro atoms. The number of anilines is 2. The SMILES string of the molecule is CC1CCCCCN1c1cc(C(F)(F)F)nc(N)n1. The van der Waals surface area contributed by atoms with Crippen molar-refractivity contribution in [2.24, 2.45) is 0 Å². The second-order valence-corrected chi connectivity index (χ2v) is 4.86. The van der Waals surface area contributed by atoms with Gasteiger partial charge in [0.2, 0.25) is 5.95 Å². The molecule has 0 bridgehead atoms. The van der Waals surface area contributed by atoms with Crippen LogP contribution in [0.1, 0.15) is 38.3 Å². The number of nitrogen functional groups attached to an aromatic ring is 1. The fourth-order valence-corrected chi connectivity index (χ4v) is 2.36. The molecular weight excluding hydrogens is 257 g/mol. The summed E-state index contributed by atoms with van der Waals surface area (Å²) in [6.07, 6.45) is -0.417. The zero-order valence-electron chi connectivity index (χ0n) is 10.7. The summed E-state index contributed by atoms with van der Waals surface area (Å²) in [5, 5.41) is 0. The van der Waals surface area contributed by atoms with Crippen molar-refractivity contribution in [3.63, 3.8) is 0 Å². The summed E-state index contributed by atoms with van der Waals surface area (Å²) in [7, 11) is 0. The van der Waals surface area contributed by atoms with E-state index in [0.29, 0.717) is 6.54 Å².